The summed E-state index contributed by atoms with van der Waals surface area (Å²) in [6, 6.07) is 13.8. The van der Waals surface area contributed by atoms with E-state index in [2.05, 4.69) is 5.32 Å². The molecule has 0 atom stereocenters. The van der Waals surface area contributed by atoms with Crippen LogP contribution in [0.15, 0.2) is 48.5 Å². The van der Waals surface area contributed by atoms with Crippen molar-refractivity contribution in [3.8, 4) is 5.75 Å². The van der Waals surface area contributed by atoms with Gasteiger partial charge in [0, 0.05) is 30.9 Å². The zero-order valence-electron chi connectivity index (χ0n) is 14.4. The first-order chi connectivity index (χ1) is 11.4. The van der Waals surface area contributed by atoms with Crippen LogP contribution in [0.5, 0.6) is 5.75 Å². The van der Waals surface area contributed by atoms with E-state index >= 15 is 0 Å². The summed E-state index contributed by atoms with van der Waals surface area (Å²) in [6.07, 6.45) is 0.0464. The molecule has 0 spiro atoms. The van der Waals surface area contributed by atoms with Gasteiger partial charge < -0.3 is 15.0 Å². The highest BCUT2D eigenvalue weighted by Gasteiger charge is 2.10. The van der Waals surface area contributed by atoms with E-state index in [0.717, 1.165) is 0 Å². The SMILES string of the molecule is CC(C)Oc1cccc(C(=O)Nc2ccc(C(=O)N(C)C)cc2)c1. The minimum atomic E-state index is -0.226. The van der Waals surface area contributed by atoms with E-state index in [-0.39, 0.29) is 17.9 Å². The van der Waals surface area contributed by atoms with Crippen molar-refractivity contribution < 1.29 is 14.3 Å². The van der Waals surface area contributed by atoms with Crippen LogP contribution in [-0.4, -0.2) is 36.9 Å². The molecule has 2 rings (SSSR count). The normalized spacial score (nSPS) is 10.4. The summed E-state index contributed by atoms with van der Waals surface area (Å²) in [4.78, 5) is 25.7. The number of anilines is 1. The van der Waals surface area contributed by atoms with Crippen molar-refractivity contribution in [3.63, 3.8) is 0 Å². The molecule has 0 aliphatic carbocycles. The number of benzene rings is 2. The molecule has 126 valence electrons. The molecule has 0 aliphatic heterocycles. The summed E-state index contributed by atoms with van der Waals surface area (Å²) in [7, 11) is 3.40. The Bertz CT molecular complexity index is 722. The molecule has 1 N–H and O–H groups in total. The van der Waals surface area contributed by atoms with Gasteiger partial charge in [0.05, 0.1) is 6.10 Å². The zero-order valence-corrected chi connectivity index (χ0v) is 14.4. The lowest BCUT2D eigenvalue weighted by Gasteiger charge is -2.12. The first kappa shape index (κ1) is 17.5. The minimum Gasteiger partial charge on any atom is -0.491 e. The largest absolute Gasteiger partial charge is 0.491 e. The summed E-state index contributed by atoms with van der Waals surface area (Å²) >= 11 is 0. The van der Waals surface area contributed by atoms with Gasteiger partial charge in [0.25, 0.3) is 11.8 Å². The topological polar surface area (TPSA) is 58.6 Å². The fourth-order valence-electron chi connectivity index (χ4n) is 2.14. The minimum absolute atomic E-state index is 0.0464. The van der Waals surface area contributed by atoms with Gasteiger partial charge in [-0.25, -0.2) is 0 Å². The monoisotopic (exact) mass is 326 g/mol. The molecule has 0 aromatic heterocycles. The first-order valence-corrected chi connectivity index (χ1v) is 7.76. The van der Waals surface area contributed by atoms with Gasteiger partial charge in [-0.3, -0.25) is 9.59 Å². The van der Waals surface area contributed by atoms with Crippen LogP contribution in [0.3, 0.4) is 0 Å². The summed E-state index contributed by atoms with van der Waals surface area (Å²) < 4.78 is 5.60. The van der Waals surface area contributed by atoms with Crippen LogP contribution in [-0.2, 0) is 0 Å². The molecule has 2 aromatic carbocycles. The van der Waals surface area contributed by atoms with Crippen LogP contribution >= 0.6 is 0 Å². The third-order valence-electron chi connectivity index (χ3n) is 3.26. The van der Waals surface area contributed by atoms with E-state index in [9.17, 15) is 9.59 Å². The average molecular weight is 326 g/mol. The van der Waals surface area contributed by atoms with Gasteiger partial charge >= 0.3 is 0 Å². The molecule has 0 radical (unpaired) electrons. The molecule has 2 aromatic rings. The number of carbonyl (C=O) groups excluding carboxylic acids is 2. The van der Waals surface area contributed by atoms with Gasteiger partial charge in [-0.05, 0) is 56.3 Å². The van der Waals surface area contributed by atoms with Crippen molar-refractivity contribution in [3.05, 3.63) is 59.7 Å². The van der Waals surface area contributed by atoms with Crippen LogP contribution in [0.2, 0.25) is 0 Å². The Morgan fingerprint density at radius 1 is 1.00 bits per heavy atom. The molecule has 0 bridgehead atoms. The molecule has 24 heavy (non-hydrogen) atoms. The van der Waals surface area contributed by atoms with Gasteiger partial charge in [-0.1, -0.05) is 6.07 Å². The summed E-state index contributed by atoms with van der Waals surface area (Å²) in [6.45, 7) is 3.87. The second-order valence-corrected chi connectivity index (χ2v) is 5.93. The predicted octanol–water partition coefficient (Wildman–Crippen LogP) is 3.43. The Hall–Kier alpha value is -2.82. The van der Waals surface area contributed by atoms with Crippen molar-refractivity contribution in [2.75, 3.05) is 19.4 Å². The zero-order chi connectivity index (χ0) is 17.7. The molecule has 5 nitrogen and oxygen atoms in total. The number of ether oxygens (including phenoxy) is 1. The second-order valence-electron chi connectivity index (χ2n) is 5.93. The van der Waals surface area contributed by atoms with Gasteiger partial charge in [0.15, 0.2) is 0 Å². The van der Waals surface area contributed by atoms with Crippen LogP contribution in [0, 0.1) is 0 Å². The smallest absolute Gasteiger partial charge is 0.255 e. The molecular formula is C19H22N2O3. The number of nitrogens with one attached hydrogen (secondary N) is 1. The van der Waals surface area contributed by atoms with E-state index in [1.54, 1.807) is 56.6 Å². The molecular weight excluding hydrogens is 304 g/mol. The maximum atomic E-state index is 12.3. The quantitative estimate of drug-likeness (QED) is 0.916. The Balaban J connectivity index is 2.08. The number of amides is 2. The van der Waals surface area contributed by atoms with Crippen LogP contribution < -0.4 is 10.1 Å². The number of hydrogen-bond donors (Lipinski definition) is 1. The number of hydrogen-bond acceptors (Lipinski definition) is 3. The molecule has 5 heteroatoms. The lowest BCUT2D eigenvalue weighted by atomic mass is 10.1. The Kier molecular flexibility index (Phi) is 5.58. The summed E-state index contributed by atoms with van der Waals surface area (Å²) in [5.41, 5.74) is 1.72. The van der Waals surface area contributed by atoms with E-state index in [1.807, 2.05) is 19.9 Å². The summed E-state index contributed by atoms with van der Waals surface area (Å²) in [5, 5.41) is 2.81. The Morgan fingerprint density at radius 2 is 1.67 bits per heavy atom. The lowest BCUT2D eigenvalue weighted by Crippen LogP contribution is -2.21. The van der Waals surface area contributed by atoms with Gasteiger partial charge in [0.2, 0.25) is 0 Å². The highest BCUT2D eigenvalue weighted by molar-refractivity contribution is 6.04. The predicted molar refractivity (Wildman–Crippen MR) is 94.6 cm³/mol. The van der Waals surface area contributed by atoms with Crippen molar-refractivity contribution in [2.45, 2.75) is 20.0 Å². The standard InChI is InChI=1S/C19H22N2O3/c1-13(2)24-17-7-5-6-15(12-17)18(22)20-16-10-8-14(9-11-16)19(23)21(3)4/h5-13H,1-4H3,(H,20,22). The van der Waals surface area contributed by atoms with Gasteiger partial charge in [0.1, 0.15) is 5.75 Å². The van der Waals surface area contributed by atoms with Crippen LogP contribution in [0.1, 0.15) is 34.6 Å². The van der Waals surface area contributed by atoms with Gasteiger partial charge in [-0.2, -0.15) is 0 Å². The van der Waals surface area contributed by atoms with Crippen molar-refractivity contribution in [1.29, 1.82) is 0 Å². The maximum absolute atomic E-state index is 12.3. The van der Waals surface area contributed by atoms with Crippen molar-refractivity contribution in [2.24, 2.45) is 0 Å². The Labute approximate surface area is 142 Å². The van der Waals surface area contributed by atoms with Crippen molar-refractivity contribution >= 4 is 17.5 Å². The average Bonchev–Trinajstić information content (AvgIpc) is 2.54. The lowest BCUT2D eigenvalue weighted by molar-refractivity contribution is 0.0827. The molecule has 2 amide bonds. The highest BCUT2D eigenvalue weighted by Crippen LogP contribution is 2.17. The second kappa shape index (κ2) is 7.64. The summed E-state index contributed by atoms with van der Waals surface area (Å²) in [5.74, 6) is 0.354. The molecule has 0 aliphatic rings. The van der Waals surface area contributed by atoms with E-state index in [0.29, 0.717) is 22.6 Å². The molecule has 0 fully saturated rings. The Morgan fingerprint density at radius 3 is 2.25 bits per heavy atom. The van der Waals surface area contributed by atoms with Crippen LogP contribution in [0.4, 0.5) is 5.69 Å². The maximum Gasteiger partial charge on any atom is 0.255 e. The first-order valence-electron chi connectivity index (χ1n) is 7.76. The number of carbonyl (C=O) groups is 2. The van der Waals surface area contributed by atoms with E-state index in [4.69, 9.17) is 4.74 Å². The molecule has 0 unspecified atom stereocenters. The highest BCUT2D eigenvalue weighted by atomic mass is 16.5. The van der Waals surface area contributed by atoms with Gasteiger partial charge in [-0.15, -0.1) is 0 Å². The fourth-order valence-corrected chi connectivity index (χ4v) is 2.14. The number of nitrogens with zero attached hydrogens (tertiary/aromatic N) is 1. The van der Waals surface area contributed by atoms with E-state index in [1.165, 1.54) is 4.90 Å². The van der Waals surface area contributed by atoms with E-state index < -0.39 is 0 Å². The third kappa shape index (κ3) is 4.59. The third-order valence-corrected chi connectivity index (χ3v) is 3.26. The molecule has 0 saturated carbocycles. The molecule has 0 heterocycles. The fraction of sp³-hybridized carbons (Fsp3) is 0.263. The molecule has 0 saturated heterocycles. The van der Waals surface area contributed by atoms with Crippen LogP contribution in [0.25, 0.3) is 0 Å². The number of rotatable bonds is 5. The van der Waals surface area contributed by atoms with Crippen molar-refractivity contribution in [1.82, 2.24) is 4.90 Å².